The number of aromatic carboxylic acids is 1. The summed E-state index contributed by atoms with van der Waals surface area (Å²) in [6, 6.07) is 7.41. The van der Waals surface area contributed by atoms with Crippen LogP contribution in [0.5, 0.6) is 0 Å². The van der Waals surface area contributed by atoms with Crippen LogP contribution in [-0.2, 0) is 4.79 Å². The van der Waals surface area contributed by atoms with Crippen molar-refractivity contribution in [1.82, 2.24) is 4.90 Å². The fourth-order valence-corrected chi connectivity index (χ4v) is 3.71. The van der Waals surface area contributed by atoms with Crippen LogP contribution in [0.3, 0.4) is 0 Å². The number of carboxylic acid groups (broad SMARTS) is 1. The molecule has 1 saturated heterocycles. The number of carbonyl (C=O) groups excluding carboxylic acids is 2. The van der Waals surface area contributed by atoms with Crippen LogP contribution in [0.4, 0.5) is 4.79 Å². The first-order chi connectivity index (χ1) is 12.8. The third-order valence-electron chi connectivity index (χ3n) is 4.23. The van der Waals surface area contributed by atoms with E-state index in [4.69, 9.17) is 21.1 Å². The molecule has 3 rings (SSSR count). The van der Waals surface area contributed by atoms with Crippen LogP contribution in [0.1, 0.15) is 36.4 Å². The number of hydrogen-bond acceptors (Lipinski definition) is 5. The van der Waals surface area contributed by atoms with Crippen molar-refractivity contribution in [2.24, 2.45) is 0 Å². The Morgan fingerprint density at radius 1 is 1.33 bits per heavy atom. The van der Waals surface area contributed by atoms with Gasteiger partial charge in [-0.15, -0.1) is 0 Å². The highest BCUT2D eigenvalue weighted by Crippen LogP contribution is 2.36. The second kappa shape index (κ2) is 7.62. The summed E-state index contributed by atoms with van der Waals surface area (Å²) in [5.41, 5.74) is 0.519. The molecule has 0 radical (unpaired) electrons. The molecule has 0 spiro atoms. The maximum atomic E-state index is 12.5. The van der Waals surface area contributed by atoms with Gasteiger partial charge in [-0.2, -0.15) is 0 Å². The van der Waals surface area contributed by atoms with Gasteiger partial charge in [0.1, 0.15) is 11.5 Å². The van der Waals surface area contributed by atoms with Gasteiger partial charge in [0.15, 0.2) is 0 Å². The highest BCUT2D eigenvalue weighted by atomic mass is 35.5. The first-order valence-electron chi connectivity index (χ1n) is 8.22. The van der Waals surface area contributed by atoms with Crippen LogP contribution in [0.25, 0.3) is 17.4 Å². The van der Waals surface area contributed by atoms with E-state index < -0.39 is 5.97 Å². The number of imide groups is 1. The Morgan fingerprint density at radius 2 is 2.07 bits per heavy atom. The van der Waals surface area contributed by atoms with Crippen LogP contribution in [0.2, 0.25) is 5.02 Å². The fourth-order valence-electron chi connectivity index (χ4n) is 2.59. The molecule has 0 bridgehead atoms. The van der Waals surface area contributed by atoms with Crippen molar-refractivity contribution in [3.8, 4) is 11.3 Å². The summed E-state index contributed by atoms with van der Waals surface area (Å²) in [4.78, 5) is 37.2. The third-order valence-corrected chi connectivity index (χ3v) is 5.45. The molecule has 2 amide bonds. The SMILES string of the molecule is CCC(C)N1C(=O)S/C(=C\c2ccc(-c3cc(C(=O)O)ccc3Cl)o2)C1=O. The lowest BCUT2D eigenvalue weighted by atomic mass is 10.1. The lowest BCUT2D eigenvalue weighted by molar-refractivity contribution is -0.124. The summed E-state index contributed by atoms with van der Waals surface area (Å²) >= 11 is 7.02. The van der Waals surface area contributed by atoms with E-state index in [2.05, 4.69) is 0 Å². The quantitative estimate of drug-likeness (QED) is 0.693. The minimum atomic E-state index is -1.07. The Kier molecular flexibility index (Phi) is 5.43. The smallest absolute Gasteiger partial charge is 0.335 e. The number of benzene rings is 1. The van der Waals surface area contributed by atoms with Gasteiger partial charge < -0.3 is 9.52 Å². The monoisotopic (exact) mass is 405 g/mol. The van der Waals surface area contributed by atoms with Gasteiger partial charge in [0.25, 0.3) is 11.1 Å². The van der Waals surface area contributed by atoms with Crippen LogP contribution in [-0.4, -0.2) is 33.2 Å². The summed E-state index contributed by atoms with van der Waals surface area (Å²) in [6.07, 6.45) is 2.18. The van der Waals surface area contributed by atoms with Crippen LogP contribution in [0.15, 0.2) is 39.7 Å². The molecule has 0 aliphatic carbocycles. The van der Waals surface area contributed by atoms with E-state index in [9.17, 15) is 14.4 Å². The number of rotatable bonds is 5. The summed E-state index contributed by atoms with van der Waals surface area (Å²) in [5.74, 6) is -0.673. The van der Waals surface area contributed by atoms with Crippen LogP contribution in [0, 0.1) is 0 Å². The van der Waals surface area contributed by atoms with Gasteiger partial charge in [-0.3, -0.25) is 14.5 Å². The number of nitrogens with zero attached hydrogens (tertiary/aromatic N) is 1. The molecule has 140 valence electrons. The van der Waals surface area contributed by atoms with Crippen molar-refractivity contribution in [3.63, 3.8) is 0 Å². The number of halogens is 1. The molecule has 1 aromatic heterocycles. The van der Waals surface area contributed by atoms with Crippen molar-refractivity contribution >= 4 is 46.6 Å². The number of thioether (sulfide) groups is 1. The topological polar surface area (TPSA) is 87.8 Å². The van der Waals surface area contributed by atoms with Gasteiger partial charge in [0.05, 0.1) is 15.5 Å². The molecule has 6 nitrogen and oxygen atoms in total. The average molecular weight is 406 g/mol. The molecule has 1 aliphatic rings. The molecule has 2 aromatic rings. The van der Waals surface area contributed by atoms with Crippen molar-refractivity contribution in [2.45, 2.75) is 26.3 Å². The van der Waals surface area contributed by atoms with E-state index in [1.165, 1.54) is 29.2 Å². The second-order valence-corrected chi connectivity index (χ2v) is 7.41. The predicted octanol–water partition coefficient (Wildman–Crippen LogP) is 5.13. The molecule has 1 aromatic carbocycles. The number of carbonyl (C=O) groups is 3. The molecule has 1 N–H and O–H groups in total. The zero-order valence-corrected chi connectivity index (χ0v) is 16.1. The average Bonchev–Trinajstić information content (AvgIpc) is 3.19. The standard InChI is InChI=1S/C19H16ClNO5S/c1-3-10(2)21-17(22)16(27-19(21)25)9-12-5-7-15(26-12)13-8-11(18(23)24)4-6-14(13)20/h4-10H,3H2,1-2H3,(H,23,24)/b16-9-. The Balaban J connectivity index is 1.90. The van der Waals surface area contributed by atoms with Crippen molar-refractivity contribution in [3.05, 3.63) is 51.6 Å². The summed E-state index contributed by atoms with van der Waals surface area (Å²) in [6.45, 7) is 3.73. The highest BCUT2D eigenvalue weighted by Gasteiger charge is 2.37. The van der Waals surface area contributed by atoms with Crippen LogP contribution < -0.4 is 0 Å². The Morgan fingerprint density at radius 3 is 2.74 bits per heavy atom. The molecular weight excluding hydrogens is 390 g/mol. The van der Waals surface area contributed by atoms with Crippen molar-refractivity contribution in [2.75, 3.05) is 0 Å². The zero-order chi connectivity index (χ0) is 19.7. The Bertz CT molecular complexity index is 965. The molecule has 1 atom stereocenters. The van der Waals surface area contributed by atoms with Gasteiger partial charge in [-0.1, -0.05) is 18.5 Å². The number of furan rings is 1. The van der Waals surface area contributed by atoms with E-state index >= 15 is 0 Å². The Labute approximate surface area is 164 Å². The lowest BCUT2D eigenvalue weighted by Gasteiger charge is -2.19. The summed E-state index contributed by atoms with van der Waals surface area (Å²) in [5, 5.41) is 9.17. The molecule has 1 unspecified atom stereocenters. The predicted molar refractivity (Wildman–Crippen MR) is 104 cm³/mol. The first-order valence-corrected chi connectivity index (χ1v) is 9.41. The molecule has 2 heterocycles. The molecule has 8 heteroatoms. The molecule has 0 saturated carbocycles. The molecular formula is C19H16ClNO5S. The summed E-state index contributed by atoms with van der Waals surface area (Å²) in [7, 11) is 0. The number of hydrogen-bond donors (Lipinski definition) is 1. The molecule has 1 aliphatic heterocycles. The molecule has 1 fully saturated rings. The fraction of sp³-hybridized carbons (Fsp3) is 0.211. The largest absolute Gasteiger partial charge is 0.478 e. The van der Waals surface area contributed by atoms with E-state index in [0.29, 0.717) is 28.5 Å². The van der Waals surface area contributed by atoms with Gasteiger partial charge in [-0.25, -0.2) is 4.79 Å². The first kappa shape index (κ1) is 19.3. The maximum Gasteiger partial charge on any atom is 0.335 e. The number of amides is 2. The third kappa shape index (κ3) is 3.79. The van der Waals surface area contributed by atoms with E-state index in [1.54, 1.807) is 12.1 Å². The zero-order valence-electron chi connectivity index (χ0n) is 14.6. The molecule has 27 heavy (non-hydrogen) atoms. The van der Waals surface area contributed by atoms with Crippen molar-refractivity contribution < 1.29 is 23.9 Å². The Hall–Kier alpha value is -2.51. The maximum absolute atomic E-state index is 12.5. The lowest BCUT2D eigenvalue weighted by Crippen LogP contribution is -2.36. The van der Waals surface area contributed by atoms with Gasteiger partial charge >= 0.3 is 5.97 Å². The van der Waals surface area contributed by atoms with E-state index in [1.807, 2.05) is 13.8 Å². The highest BCUT2D eigenvalue weighted by molar-refractivity contribution is 8.18. The van der Waals surface area contributed by atoms with Gasteiger partial charge in [0.2, 0.25) is 0 Å². The van der Waals surface area contributed by atoms with Crippen LogP contribution >= 0.6 is 23.4 Å². The van der Waals surface area contributed by atoms with E-state index in [0.717, 1.165) is 11.8 Å². The number of carboxylic acids is 1. The van der Waals surface area contributed by atoms with Crippen molar-refractivity contribution in [1.29, 1.82) is 0 Å². The second-order valence-electron chi connectivity index (χ2n) is 6.01. The van der Waals surface area contributed by atoms with Gasteiger partial charge in [-0.05, 0) is 55.4 Å². The minimum absolute atomic E-state index is 0.0852. The van der Waals surface area contributed by atoms with Gasteiger partial charge in [0, 0.05) is 17.7 Å². The summed E-state index contributed by atoms with van der Waals surface area (Å²) < 4.78 is 5.70. The minimum Gasteiger partial charge on any atom is -0.478 e. The normalized spacial score (nSPS) is 17.0. The van der Waals surface area contributed by atoms with E-state index in [-0.39, 0.29) is 27.7 Å².